The lowest BCUT2D eigenvalue weighted by molar-refractivity contribution is -0.179. The molecule has 0 atom stereocenters. The van der Waals surface area contributed by atoms with Gasteiger partial charge >= 0.3 is 12.1 Å². The number of aromatic nitrogens is 1. The van der Waals surface area contributed by atoms with Gasteiger partial charge in [-0.1, -0.05) is 0 Å². The molecule has 116 valence electrons. The molecular formula is C13H16F3N3O2. The summed E-state index contributed by atoms with van der Waals surface area (Å²) in [5, 5.41) is 0. The van der Waals surface area contributed by atoms with Crippen LogP contribution in [0.3, 0.4) is 0 Å². The molecule has 5 nitrogen and oxygen atoms in total. The van der Waals surface area contributed by atoms with E-state index in [-0.39, 0.29) is 31.5 Å². The predicted molar refractivity (Wildman–Crippen MR) is 71.0 cm³/mol. The van der Waals surface area contributed by atoms with Crippen LogP contribution in [0.1, 0.15) is 23.2 Å². The highest BCUT2D eigenvalue weighted by atomic mass is 19.4. The van der Waals surface area contributed by atoms with E-state index in [9.17, 15) is 18.0 Å². The number of nitrogen functional groups attached to an aromatic ring is 1. The van der Waals surface area contributed by atoms with Gasteiger partial charge in [-0.15, -0.1) is 0 Å². The van der Waals surface area contributed by atoms with Crippen LogP contribution in [0.2, 0.25) is 0 Å². The zero-order chi connectivity index (χ0) is 15.6. The largest absolute Gasteiger partial charge is 0.465 e. The number of anilines is 2. The van der Waals surface area contributed by atoms with Crippen molar-refractivity contribution in [2.45, 2.75) is 19.0 Å². The second-order valence-corrected chi connectivity index (χ2v) is 4.93. The van der Waals surface area contributed by atoms with Crippen LogP contribution < -0.4 is 10.6 Å². The number of rotatable bonds is 2. The van der Waals surface area contributed by atoms with Gasteiger partial charge in [-0.2, -0.15) is 13.2 Å². The number of nitrogens with two attached hydrogens (primary N) is 1. The molecule has 0 amide bonds. The Morgan fingerprint density at radius 2 is 2.05 bits per heavy atom. The fraction of sp³-hybridized carbons (Fsp3) is 0.538. The first-order chi connectivity index (χ1) is 9.82. The summed E-state index contributed by atoms with van der Waals surface area (Å²) in [5.41, 5.74) is 6.06. The number of pyridine rings is 1. The zero-order valence-corrected chi connectivity index (χ0v) is 11.5. The summed E-state index contributed by atoms with van der Waals surface area (Å²) in [5.74, 6) is -1.59. The van der Waals surface area contributed by atoms with E-state index in [2.05, 4.69) is 9.72 Å². The number of carbonyl (C=O) groups excluding carboxylic acids is 1. The molecule has 0 aliphatic carbocycles. The summed E-state index contributed by atoms with van der Waals surface area (Å²) in [7, 11) is 1.23. The van der Waals surface area contributed by atoms with Crippen molar-refractivity contribution in [1.82, 2.24) is 4.98 Å². The number of hydrogen-bond acceptors (Lipinski definition) is 5. The van der Waals surface area contributed by atoms with Gasteiger partial charge in [0.05, 0.1) is 24.9 Å². The third-order valence-electron chi connectivity index (χ3n) is 3.55. The highest BCUT2D eigenvalue weighted by Crippen LogP contribution is 2.35. The molecule has 1 aliphatic heterocycles. The molecule has 2 rings (SSSR count). The van der Waals surface area contributed by atoms with Crippen molar-refractivity contribution in [2.75, 3.05) is 30.8 Å². The van der Waals surface area contributed by atoms with Crippen molar-refractivity contribution < 1.29 is 22.7 Å². The number of alkyl halides is 3. The van der Waals surface area contributed by atoms with Crippen LogP contribution in [-0.2, 0) is 4.74 Å². The van der Waals surface area contributed by atoms with E-state index in [1.165, 1.54) is 19.4 Å². The van der Waals surface area contributed by atoms with Crippen LogP contribution in [0.5, 0.6) is 0 Å². The maximum Gasteiger partial charge on any atom is 0.391 e. The lowest BCUT2D eigenvalue weighted by Gasteiger charge is -2.34. The van der Waals surface area contributed by atoms with Gasteiger partial charge in [0.15, 0.2) is 0 Å². The number of hydrogen-bond donors (Lipinski definition) is 1. The fourth-order valence-electron chi connectivity index (χ4n) is 2.40. The van der Waals surface area contributed by atoms with Crippen molar-refractivity contribution >= 4 is 17.5 Å². The number of methoxy groups -OCH3 is 1. The zero-order valence-electron chi connectivity index (χ0n) is 11.5. The van der Waals surface area contributed by atoms with Gasteiger partial charge in [0.1, 0.15) is 11.4 Å². The minimum absolute atomic E-state index is 0.0177. The van der Waals surface area contributed by atoms with Crippen molar-refractivity contribution in [3.63, 3.8) is 0 Å². The first kappa shape index (κ1) is 15.4. The normalized spacial score (nSPS) is 16.9. The lowest BCUT2D eigenvalue weighted by atomic mass is 9.96. The summed E-state index contributed by atoms with van der Waals surface area (Å²) in [6.07, 6.45) is -2.84. The topological polar surface area (TPSA) is 68.5 Å². The standard InChI is InChI=1S/C13H16F3N3O2/c1-21-12(20)10-6-9(17)7-18-11(10)19-4-2-8(3-5-19)13(14,15)16/h6-8H,2-5,17H2,1H3. The molecule has 0 aromatic carbocycles. The highest BCUT2D eigenvalue weighted by molar-refractivity contribution is 5.95. The molecule has 1 aromatic heterocycles. The molecule has 0 unspecified atom stereocenters. The molecule has 0 saturated carbocycles. The summed E-state index contributed by atoms with van der Waals surface area (Å²) in [6, 6.07) is 1.42. The summed E-state index contributed by atoms with van der Waals surface area (Å²) >= 11 is 0. The summed E-state index contributed by atoms with van der Waals surface area (Å²) in [6.45, 7) is 0.371. The van der Waals surface area contributed by atoms with Crippen molar-refractivity contribution in [3.8, 4) is 0 Å². The summed E-state index contributed by atoms with van der Waals surface area (Å²) in [4.78, 5) is 17.5. The van der Waals surface area contributed by atoms with E-state index in [0.29, 0.717) is 11.5 Å². The van der Waals surface area contributed by atoms with Crippen molar-refractivity contribution in [3.05, 3.63) is 17.8 Å². The van der Waals surface area contributed by atoms with E-state index in [0.717, 1.165) is 0 Å². The minimum Gasteiger partial charge on any atom is -0.465 e. The maximum atomic E-state index is 12.7. The van der Waals surface area contributed by atoms with Crippen LogP contribution in [-0.4, -0.2) is 37.3 Å². The van der Waals surface area contributed by atoms with E-state index >= 15 is 0 Å². The average molecular weight is 303 g/mol. The van der Waals surface area contributed by atoms with Gasteiger partial charge in [0.25, 0.3) is 0 Å². The highest BCUT2D eigenvalue weighted by Gasteiger charge is 2.41. The van der Waals surface area contributed by atoms with Gasteiger partial charge in [-0.25, -0.2) is 9.78 Å². The second-order valence-electron chi connectivity index (χ2n) is 4.93. The molecule has 21 heavy (non-hydrogen) atoms. The van der Waals surface area contributed by atoms with Gasteiger partial charge in [-0.3, -0.25) is 0 Å². The number of esters is 1. The molecule has 0 bridgehead atoms. The van der Waals surface area contributed by atoms with Crippen LogP contribution >= 0.6 is 0 Å². The van der Waals surface area contributed by atoms with E-state index in [4.69, 9.17) is 5.73 Å². The van der Waals surface area contributed by atoms with Gasteiger partial charge in [0.2, 0.25) is 0 Å². The van der Waals surface area contributed by atoms with Gasteiger partial charge in [0, 0.05) is 13.1 Å². The molecule has 1 aromatic rings. The van der Waals surface area contributed by atoms with Crippen LogP contribution in [0.15, 0.2) is 12.3 Å². The number of piperidine rings is 1. The molecule has 1 saturated heterocycles. The Kier molecular flexibility index (Phi) is 4.24. The Morgan fingerprint density at radius 1 is 1.43 bits per heavy atom. The molecule has 2 N–H and O–H groups in total. The first-order valence-electron chi connectivity index (χ1n) is 6.48. The SMILES string of the molecule is COC(=O)c1cc(N)cnc1N1CCC(C(F)(F)F)CC1. The Labute approximate surface area is 119 Å². The fourth-order valence-corrected chi connectivity index (χ4v) is 2.40. The molecule has 0 spiro atoms. The molecule has 2 heterocycles. The van der Waals surface area contributed by atoms with Crippen LogP contribution in [0, 0.1) is 5.92 Å². The first-order valence-corrected chi connectivity index (χ1v) is 6.48. The van der Waals surface area contributed by atoms with Crippen molar-refractivity contribution in [1.29, 1.82) is 0 Å². The molecule has 0 radical (unpaired) electrons. The van der Waals surface area contributed by atoms with Crippen molar-refractivity contribution in [2.24, 2.45) is 5.92 Å². The molecule has 1 fully saturated rings. The second kappa shape index (κ2) is 5.79. The van der Waals surface area contributed by atoms with Crippen LogP contribution in [0.25, 0.3) is 0 Å². The average Bonchev–Trinajstić information content (AvgIpc) is 2.45. The quantitative estimate of drug-likeness (QED) is 0.849. The van der Waals surface area contributed by atoms with Gasteiger partial charge in [-0.05, 0) is 18.9 Å². The summed E-state index contributed by atoms with van der Waals surface area (Å²) < 4.78 is 42.6. The smallest absolute Gasteiger partial charge is 0.391 e. The number of ether oxygens (including phenoxy) is 1. The van der Waals surface area contributed by atoms with E-state index in [1.807, 2.05) is 0 Å². The third-order valence-corrected chi connectivity index (χ3v) is 3.55. The third kappa shape index (κ3) is 3.37. The number of nitrogens with zero attached hydrogens (tertiary/aromatic N) is 2. The number of carbonyl (C=O) groups is 1. The van der Waals surface area contributed by atoms with Gasteiger partial charge < -0.3 is 15.4 Å². The van der Waals surface area contributed by atoms with E-state index in [1.54, 1.807) is 4.90 Å². The number of halogens is 3. The Hall–Kier alpha value is -1.99. The Morgan fingerprint density at radius 3 is 2.57 bits per heavy atom. The molecule has 8 heteroatoms. The molecular weight excluding hydrogens is 287 g/mol. The lowest BCUT2D eigenvalue weighted by Crippen LogP contribution is -2.40. The van der Waals surface area contributed by atoms with E-state index < -0.39 is 18.1 Å². The maximum absolute atomic E-state index is 12.7. The predicted octanol–water partition coefficient (Wildman–Crippen LogP) is 2.23. The monoisotopic (exact) mass is 303 g/mol. The molecule has 1 aliphatic rings. The Balaban J connectivity index is 2.19. The minimum atomic E-state index is -4.17. The Bertz CT molecular complexity index is 526. The van der Waals surface area contributed by atoms with Crippen LogP contribution in [0.4, 0.5) is 24.7 Å².